The van der Waals surface area contributed by atoms with Gasteiger partial charge in [-0.05, 0) is 55.5 Å². The van der Waals surface area contributed by atoms with Gasteiger partial charge in [0.1, 0.15) is 9.71 Å². The van der Waals surface area contributed by atoms with Crippen LogP contribution in [0, 0.1) is 6.92 Å². The molecule has 1 aliphatic heterocycles. The number of anilines is 1. The van der Waals surface area contributed by atoms with Crippen molar-refractivity contribution in [3.05, 3.63) is 45.4 Å². The number of nitrogens with one attached hydrogen (secondary N) is 1. The maximum absolute atomic E-state index is 13.3. The van der Waals surface area contributed by atoms with Crippen LogP contribution in [0.2, 0.25) is 0 Å². The Kier molecular flexibility index (Phi) is 5.69. The van der Waals surface area contributed by atoms with E-state index in [1.165, 1.54) is 18.3 Å². The first-order valence-electron chi connectivity index (χ1n) is 9.71. The number of carbonyl (C=O) groups excluding carboxylic acids is 2. The van der Waals surface area contributed by atoms with Crippen LogP contribution in [0.3, 0.4) is 0 Å². The van der Waals surface area contributed by atoms with Gasteiger partial charge in [0.25, 0.3) is 5.91 Å². The molecular weight excluding hydrogens is 450 g/mol. The summed E-state index contributed by atoms with van der Waals surface area (Å²) in [5.41, 5.74) is 3.45. The van der Waals surface area contributed by atoms with Crippen LogP contribution in [0.15, 0.2) is 34.8 Å². The summed E-state index contributed by atoms with van der Waals surface area (Å²) in [6, 6.07) is 10.0. The van der Waals surface area contributed by atoms with Crippen LogP contribution in [0.5, 0.6) is 0 Å². The zero-order valence-electron chi connectivity index (χ0n) is 16.4. The molecule has 1 aliphatic rings. The van der Waals surface area contributed by atoms with Crippen molar-refractivity contribution in [3.8, 4) is 11.1 Å². The Morgan fingerprint density at radius 3 is 2.48 bits per heavy atom. The average molecular weight is 472 g/mol. The van der Waals surface area contributed by atoms with Crippen LogP contribution in [0.25, 0.3) is 21.3 Å². The lowest BCUT2D eigenvalue weighted by atomic mass is 10.0. The highest BCUT2D eigenvalue weighted by Crippen LogP contribution is 2.42. The summed E-state index contributed by atoms with van der Waals surface area (Å²) >= 11 is 4.85. The van der Waals surface area contributed by atoms with Crippen LogP contribution in [0.1, 0.15) is 41.6 Å². The van der Waals surface area contributed by atoms with Gasteiger partial charge in [0.15, 0.2) is 0 Å². The molecule has 1 saturated heterocycles. The van der Waals surface area contributed by atoms with Gasteiger partial charge < -0.3 is 10.2 Å². The molecule has 1 fully saturated rings. The highest BCUT2D eigenvalue weighted by molar-refractivity contribution is 9.10. The highest BCUT2D eigenvalue weighted by Gasteiger charge is 2.27. The summed E-state index contributed by atoms with van der Waals surface area (Å²) in [4.78, 5) is 33.2. The van der Waals surface area contributed by atoms with E-state index < -0.39 is 0 Å². The molecule has 0 spiro atoms. The maximum Gasteiger partial charge on any atom is 0.266 e. The van der Waals surface area contributed by atoms with E-state index in [-0.39, 0.29) is 11.8 Å². The van der Waals surface area contributed by atoms with Crippen molar-refractivity contribution in [3.63, 3.8) is 0 Å². The number of hydrogen-bond donors (Lipinski definition) is 1. The molecule has 0 aliphatic carbocycles. The minimum absolute atomic E-state index is 0.0177. The second kappa shape index (κ2) is 8.24. The molecular formula is C22H22BrN3O2S. The number of hydrogen-bond acceptors (Lipinski definition) is 4. The van der Waals surface area contributed by atoms with Crippen LogP contribution < -0.4 is 5.32 Å². The van der Waals surface area contributed by atoms with Crippen molar-refractivity contribution in [1.29, 1.82) is 0 Å². The Balaban J connectivity index is 1.93. The lowest BCUT2D eigenvalue weighted by molar-refractivity contribution is -0.114. The van der Waals surface area contributed by atoms with Gasteiger partial charge in [-0.25, -0.2) is 4.98 Å². The Hall–Kier alpha value is -2.25. The fourth-order valence-corrected chi connectivity index (χ4v) is 5.20. The molecule has 3 heterocycles. The number of fused-ring (bicyclic) bond motifs is 1. The van der Waals surface area contributed by atoms with E-state index in [0.717, 1.165) is 63.9 Å². The van der Waals surface area contributed by atoms with Gasteiger partial charge in [-0.3, -0.25) is 9.59 Å². The Morgan fingerprint density at radius 1 is 1.14 bits per heavy atom. The number of nitrogens with zero attached hydrogens (tertiary/aromatic N) is 2. The number of pyridine rings is 1. The SMILES string of the molecule is CC(=O)Nc1c(C(=O)N2CCCCC2)sc2nc(C)cc(-c3ccc(Br)cc3)c12. The topological polar surface area (TPSA) is 62.3 Å². The fourth-order valence-electron chi connectivity index (χ4n) is 3.76. The molecule has 0 bridgehead atoms. The largest absolute Gasteiger partial charge is 0.338 e. The number of piperidine rings is 1. The standard InChI is InChI=1S/C22H22BrN3O2S/c1-13-12-17(15-6-8-16(23)9-7-15)18-19(25-14(2)27)20(29-21(18)24-13)22(28)26-10-4-3-5-11-26/h6-9,12H,3-5,10-11H2,1-2H3,(H,25,27). The number of amides is 2. The molecule has 1 N–H and O–H groups in total. The van der Waals surface area contributed by atoms with Gasteiger partial charge >= 0.3 is 0 Å². The minimum Gasteiger partial charge on any atom is -0.338 e. The number of rotatable bonds is 3. The van der Waals surface area contributed by atoms with E-state index in [9.17, 15) is 9.59 Å². The van der Waals surface area contributed by atoms with E-state index in [1.54, 1.807) is 0 Å². The van der Waals surface area contributed by atoms with Crippen molar-refractivity contribution in [2.75, 3.05) is 18.4 Å². The molecule has 0 unspecified atom stereocenters. The highest BCUT2D eigenvalue weighted by atomic mass is 79.9. The van der Waals surface area contributed by atoms with Crippen molar-refractivity contribution in [1.82, 2.24) is 9.88 Å². The zero-order chi connectivity index (χ0) is 20.5. The predicted molar refractivity (Wildman–Crippen MR) is 122 cm³/mol. The summed E-state index contributed by atoms with van der Waals surface area (Å²) < 4.78 is 0.997. The van der Waals surface area contributed by atoms with E-state index in [1.807, 2.05) is 42.2 Å². The predicted octanol–water partition coefficient (Wildman–Crippen LogP) is 5.62. The Bertz CT molecular complexity index is 1090. The second-order valence-corrected chi connectivity index (χ2v) is 9.25. The van der Waals surface area contributed by atoms with E-state index in [4.69, 9.17) is 0 Å². The fraction of sp³-hybridized carbons (Fsp3) is 0.318. The number of aryl methyl sites for hydroxylation is 1. The zero-order valence-corrected chi connectivity index (χ0v) is 18.8. The lowest BCUT2D eigenvalue weighted by Gasteiger charge is -2.26. The maximum atomic E-state index is 13.3. The van der Waals surface area contributed by atoms with E-state index in [2.05, 4.69) is 26.2 Å². The average Bonchev–Trinajstić information content (AvgIpc) is 3.05. The van der Waals surface area contributed by atoms with Crippen LogP contribution in [-0.4, -0.2) is 34.8 Å². The van der Waals surface area contributed by atoms with Crippen molar-refractivity contribution in [2.24, 2.45) is 0 Å². The Labute approximate surface area is 182 Å². The van der Waals surface area contributed by atoms with Gasteiger partial charge in [-0.2, -0.15) is 0 Å². The molecule has 150 valence electrons. The van der Waals surface area contributed by atoms with Gasteiger partial charge in [0.2, 0.25) is 5.91 Å². The number of carbonyl (C=O) groups is 2. The molecule has 0 saturated carbocycles. The summed E-state index contributed by atoms with van der Waals surface area (Å²) in [7, 11) is 0. The lowest BCUT2D eigenvalue weighted by Crippen LogP contribution is -2.35. The van der Waals surface area contributed by atoms with Crippen molar-refractivity contribution >= 4 is 55.0 Å². The van der Waals surface area contributed by atoms with E-state index >= 15 is 0 Å². The smallest absolute Gasteiger partial charge is 0.266 e. The first-order valence-corrected chi connectivity index (χ1v) is 11.3. The molecule has 29 heavy (non-hydrogen) atoms. The van der Waals surface area contributed by atoms with Gasteiger partial charge in [0, 0.05) is 35.6 Å². The second-order valence-electron chi connectivity index (χ2n) is 7.34. The summed E-state index contributed by atoms with van der Waals surface area (Å²) in [6.07, 6.45) is 3.20. The molecule has 4 rings (SSSR count). The monoisotopic (exact) mass is 471 g/mol. The third kappa shape index (κ3) is 4.07. The molecule has 0 atom stereocenters. The van der Waals surface area contributed by atoms with E-state index in [0.29, 0.717) is 10.6 Å². The van der Waals surface area contributed by atoms with Gasteiger partial charge in [0.05, 0.1) is 5.69 Å². The van der Waals surface area contributed by atoms with Gasteiger partial charge in [-0.1, -0.05) is 28.1 Å². The molecule has 5 nitrogen and oxygen atoms in total. The number of likely N-dealkylation sites (tertiary alicyclic amines) is 1. The summed E-state index contributed by atoms with van der Waals surface area (Å²) in [5, 5.41) is 3.76. The third-order valence-electron chi connectivity index (χ3n) is 5.08. The first-order chi connectivity index (χ1) is 13.9. The van der Waals surface area contributed by atoms with Crippen molar-refractivity contribution in [2.45, 2.75) is 33.1 Å². The van der Waals surface area contributed by atoms with Crippen molar-refractivity contribution < 1.29 is 9.59 Å². The number of benzene rings is 1. The van der Waals surface area contributed by atoms with Crippen LogP contribution in [-0.2, 0) is 4.79 Å². The van der Waals surface area contributed by atoms with Crippen LogP contribution in [0.4, 0.5) is 5.69 Å². The molecule has 1 aromatic carbocycles. The molecule has 2 aromatic heterocycles. The molecule has 7 heteroatoms. The quantitative estimate of drug-likeness (QED) is 0.538. The first kappa shape index (κ1) is 20.0. The normalized spacial score (nSPS) is 14.2. The van der Waals surface area contributed by atoms with Crippen LogP contribution >= 0.6 is 27.3 Å². The minimum atomic E-state index is -0.195. The number of thiophene rings is 1. The summed E-state index contributed by atoms with van der Waals surface area (Å²) in [5.74, 6) is -0.212. The molecule has 0 radical (unpaired) electrons. The molecule has 2 amide bonds. The summed E-state index contributed by atoms with van der Waals surface area (Å²) in [6.45, 7) is 4.95. The Morgan fingerprint density at radius 2 is 1.83 bits per heavy atom. The number of aromatic nitrogens is 1. The molecule has 3 aromatic rings. The van der Waals surface area contributed by atoms with Gasteiger partial charge in [-0.15, -0.1) is 11.3 Å². The number of halogens is 1. The third-order valence-corrected chi connectivity index (χ3v) is 6.68.